The van der Waals surface area contributed by atoms with E-state index in [9.17, 15) is 4.79 Å². The van der Waals surface area contributed by atoms with E-state index in [-0.39, 0.29) is 11.9 Å². The number of thioether (sulfide) groups is 1. The normalized spacial score (nSPS) is 19.9. The number of rotatable bonds is 5. The fraction of sp³-hybridized carbons (Fsp3) is 0.600. The molecule has 1 aliphatic heterocycles. The van der Waals surface area contributed by atoms with Gasteiger partial charge in [0.25, 0.3) is 0 Å². The maximum Gasteiger partial charge on any atom is 0.238 e. The van der Waals surface area contributed by atoms with Gasteiger partial charge in [0.1, 0.15) is 5.82 Å². The summed E-state index contributed by atoms with van der Waals surface area (Å²) in [6, 6.07) is -0.00591. The van der Waals surface area contributed by atoms with Crippen molar-refractivity contribution >= 4 is 17.7 Å². The molecule has 6 heteroatoms. The lowest BCUT2D eigenvalue weighted by Crippen LogP contribution is -2.42. The quantitative estimate of drug-likeness (QED) is 0.639. The maximum atomic E-state index is 11.6. The van der Waals surface area contributed by atoms with Gasteiger partial charge in [0.15, 0.2) is 0 Å². The Balaban J connectivity index is 1.59. The molecule has 0 spiro atoms. The van der Waals surface area contributed by atoms with Gasteiger partial charge in [-0.3, -0.25) is 10.1 Å². The Morgan fingerprint density at radius 3 is 3.31 bits per heavy atom. The maximum absolute atomic E-state index is 11.6. The van der Waals surface area contributed by atoms with Crippen molar-refractivity contribution in [2.45, 2.75) is 18.9 Å². The summed E-state index contributed by atoms with van der Waals surface area (Å²) in [5.74, 6) is 2.85. The van der Waals surface area contributed by atoms with E-state index in [4.69, 9.17) is 0 Å². The number of hydrogen-bond donors (Lipinski definition) is 3. The molecule has 16 heavy (non-hydrogen) atoms. The van der Waals surface area contributed by atoms with Crippen LogP contribution < -0.4 is 10.6 Å². The number of carbonyl (C=O) groups is 1. The number of nitrogens with one attached hydrogen (secondary N) is 3. The van der Waals surface area contributed by atoms with E-state index in [1.54, 1.807) is 18.0 Å². The first kappa shape index (κ1) is 11.5. The number of imidazole rings is 1. The molecule has 1 aromatic heterocycles. The summed E-state index contributed by atoms with van der Waals surface area (Å²) in [6.45, 7) is 0.711. The molecule has 0 radical (unpaired) electrons. The van der Waals surface area contributed by atoms with E-state index in [1.165, 1.54) is 0 Å². The topological polar surface area (TPSA) is 69.8 Å². The lowest BCUT2D eigenvalue weighted by atomic mass is 10.2. The molecule has 3 N–H and O–H groups in total. The van der Waals surface area contributed by atoms with Gasteiger partial charge in [-0.1, -0.05) is 0 Å². The standard InChI is InChI=1S/C10H16N4OS/c15-10(8-6-16-7-14-8)13-3-1-2-9-11-4-5-12-9/h4-5,8,14H,1-3,6-7H2,(H,11,12)(H,13,15). The molecule has 1 aliphatic rings. The summed E-state index contributed by atoms with van der Waals surface area (Å²) in [4.78, 5) is 18.8. The van der Waals surface area contributed by atoms with Crippen molar-refractivity contribution in [2.75, 3.05) is 18.2 Å². The molecule has 5 nitrogen and oxygen atoms in total. The molecular formula is C10H16N4OS. The second-order valence-corrected chi connectivity index (χ2v) is 4.73. The highest BCUT2D eigenvalue weighted by molar-refractivity contribution is 7.99. The van der Waals surface area contributed by atoms with Crippen LogP contribution in [0.25, 0.3) is 0 Å². The fourth-order valence-electron chi connectivity index (χ4n) is 1.59. The Bertz CT molecular complexity index is 322. The fourth-order valence-corrected chi connectivity index (χ4v) is 2.53. The first-order valence-electron chi connectivity index (χ1n) is 5.43. The summed E-state index contributed by atoms with van der Waals surface area (Å²) in [5.41, 5.74) is 0. The largest absolute Gasteiger partial charge is 0.355 e. The molecule has 0 aromatic carbocycles. The molecule has 2 heterocycles. The zero-order chi connectivity index (χ0) is 11.2. The van der Waals surface area contributed by atoms with Crippen LogP contribution >= 0.6 is 11.8 Å². The summed E-state index contributed by atoms with van der Waals surface area (Å²) in [7, 11) is 0. The molecule has 2 rings (SSSR count). The second-order valence-electron chi connectivity index (χ2n) is 3.70. The lowest BCUT2D eigenvalue weighted by Gasteiger charge is -2.09. The Kier molecular flexibility index (Phi) is 4.24. The molecule has 0 saturated carbocycles. The van der Waals surface area contributed by atoms with Crippen LogP contribution in [0, 0.1) is 0 Å². The van der Waals surface area contributed by atoms with Crippen LogP contribution in [0.15, 0.2) is 12.4 Å². The monoisotopic (exact) mass is 240 g/mol. The molecule has 1 fully saturated rings. The van der Waals surface area contributed by atoms with Gasteiger partial charge in [0, 0.05) is 37.0 Å². The predicted octanol–water partition coefficient (Wildman–Crippen LogP) is 0.121. The van der Waals surface area contributed by atoms with Gasteiger partial charge in [0.2, 0.25) is 5.91 Å². The van der Waals surface area contributed by atoms with Crippen LogP contribution in [-0.4, -0.2) is 40.1 Å². The highest BCUT2D eigenvalue weighted by atomic mass is 32.2. The van der Waals surface area contributed by atoms with Crippen LogP contribution in [0.2, 0.25) is 0 Å². The van der Waals surface area contributed by atoms with E-state index in [0.717, 1.165) is 30.3 Å². The number of amides is 1. The minimum absolute atomic E-state index is 0.00591. The third kappa shape index (κ3) is 3.24. The smallest absolute Gasteiger partial charge is 0.238 e. The van der Waals surface area contributed by atoms with Crippen LogP contribution in [0.5, 0.6) is 0 Å². The van der Waals surface area contributed by atoms with E-state index >= 15 is 0 Å². The van der Waals surface area contributed by atoms with Gasteiger partial charge in [0.05, 0.1) is 6.04 Å². The zero-order valence-electron chi connectivity index (χ0n) is 9.03. The average Bonchev–Trinajstić information content (AvgIpc) is 2.96. The van der Waals surface area contributed by atoms with Crippen molar-refractivity contribution < 1.29 is 4.79 Å². The number of H-pyrrole nitrogens is 1. The molecule has 1 amide bonds. The third-order valence-corrected chi connectivity index (χ3v) is 3.42. The van der Waals surface area contributed by atoms with Gasteiger partial charge in [-0.25, -0.2) is 4.98 Å². The molecule has 0 bridgehead atoms. The van der Waals surface area contributed by atoms with Crippen molar-refractivity contribution in [3.8, 4) is 0 Å². The van der Waals surface area contributed by atoms with E-state index in [0.29, 0.717) is 6.54 Å². The Hall–Kier alpha value is -1.01. The van der Waals surface area contributed by atoms with Crippen LogP contribution in [0.1, 0.15) is 12.2 Å². The van der Waals surface area contributed by atoms with Gasteiger partial charge >= 0.3 is 0 Å². The van der Waals surface area contributed by atoms with Crippen LogP contribution in [0.3, 0.4) is 0 Å². The van der Waals surface area contributed by atoms with E-state index < -0.39 is 0 Å². The molecular weight excluding hydrogens is 224 g/mol. The molecule has 88 valence electrons. The summed E-state index contributed by atoms with van der Waals surface area (Å²) in [5, 5.41) is 6.07. The summed E-state index contributed by atoms with van der Waals surface area (Å²) in [6.07, 6.45) is 5.35. The van der Waals surface area contributed by atoms with Crippen molar-refractivity contribution in [3.05, 3.63) is 18.2 Å². The average molecular weight is 240 g/mol. The lowest BCUT2D eigenvalue weighted by molar-refractivity contribution is -0.122. The van der Waals surface area contributed by atoms with Gasteiger partial charge in [-0.15, -0.1) is 11.8 Å². The molecule has 0 aliphatic carbocycles. The first-order chi connectivity index (χ1) is 7.86. The number of hydrogen-bond acceptors (Lipinski definition) is 4. The van der Waals surface area contributed by atoms with E-state index in [1.807, 2.05) is 6.20 Å². The Morgan fingerprint density at radius 1 is 1.69 bits per heavy atom. The summed E-state index contributed by atoms with van der Waals surface area (Å²) >= 11 is 1.76. The number of nitrogens with zero attached hydrogens (tertiary/aromatic N) is 1. The SMILES string of the molecule is O=C(NCCCc1ncc[nH]1)C1CSCN1. The van der Waals surface area contributed by atoms with Crippen molar-refractivity contribution in [2.24, 2.45) is 0 Å². The van der Waals surface area contributed by atoms with Gasteiger partial charge in [-0.2, -0.15) is 0 Å². The summed E-state index contributed by atoms with van der Waals surface area (Å²) < 4.78 is 0. The van der Waals surface area contributed by atoms with Crippen LogP contribution in [-0.2, 0) is 11.2 Å². The van der Waals surface area contributed by atoms with Crippen molar-refractivity contribution in [1.82, 2.24) is 20.6 Å². The number of carbonyl (C=O) groups excluding carboxylic acids is 1. The Labute approximate surface area is 98.8 Å². The highest BCUT2D eigenvalue weighted by Gasteiger charge is 2.21. The van der Waals surface area contributed by atoms with Crippen molar-refractivity contribution in [3.63, 3.8) is 0 Å². The minimum Gasteiger partial charge on any atom is -0.355 e. The first-order valence-corrected chi connectivity index (χ1v) is 6.59. The van der Waals surface area contributed by atoms with Gasteiger partial charge in [-0.05, 0) is 6.42 Å². The molecule has 1 atom stereocenters. The number of aromatic amines is 1. The van der Waals surface area contributed by atoms with Crippen LogP contribution in [0.4, 0.5) is 0 Å². The highest BCUT2D eigenvalue weighted by Crippen LogP contribution is 2.09. The number of aromatic nitrogens is 2. The molecule has 1 aromatic rings. The predicted molar refractivity (Wildman–Crippen MR) is 64.2 cm³/mol. The van der Waals surface area contributed by atoms with E-state index in [2.05, 4.69) is 20.6 Å². The number of aryl methyl sites for hydroxylation is 1. The molecule has 1 unspecified atom stereocenters. The van der Waals surface area contributed by atoms with Gasteiger partial charge < -0.3 is 10.3 Å². The second kappa shape index (κ2) is 5.91. The third-order valence-electron chi connectivity index (χ3n) is 2.48. The van der Waals surface area contributed by atoms with Crippen molar-refractivity contribution in [1.29, 1.82) is 0 Å². The zero-order valence-corrected chi connectivity index (χ0v) is 9.85. The Morgan fingerprint density at radius 2 is 2.62 bits per heavy atom. The molecule has 1 saturated heterocycles. The minimum atomic E-state index is -0.00591.